The fourth-order valence-electron chi connectivity index (χ4n) is 3.80. The van der Waals surface area contributed by atoms with E-state index in [1.165, 1.54) is 0 Å². The van der Waals surface area contributed by atoms with Gasteiger partial charge in [-0.25, -0.2) is 0 Å². The zero-order valence-corrected chi connectivity index (χ0v) is 17.0. The third-order valence-corrected chi connectivity index (χ3v) is 5.39. The highest BCUT2D eigenvalue weighted by molar-refractivity contribution is 6.15. The predicted molar refractivity (Wildman–Crippen MR) is 113 cm³/mol. The van der Waals surface area contributed by atoms with Crippen LogP contribution in [0.5, 0.6) is 0 Å². The number of amides is 1. The normalized spacial score (nSPS) is 16.4. The molecular weight excluding hydrogens is 378 g/mol. The van der Waals surface area contributed by atoms with Crippen molar-refractivity contribution < 1.29 is 19.1 Å². The molecule has 1 unspecified atom stereocenters. The molecule has 0 bridgehead atoms. The van der Waals surface area contributed by atoms with Gasteiger partial charge in [-0.15, -0.1) is 0 Å². The van der Waals surface area contributed by atoms with Crippen molar-refractivity contribution in [2.24, 2.45) is 0 Å². The number of carbonyl (C=O) groups is 2. The summed E-state index contributed by atoms with van der Waals surface area (Å²) in [6, 6.07) is 20.1. The molecule has 0 saturated carbocycles. The van der Waals surface area contributed by atoms with Crippen LogP contribution >= 0.6 is 0 Å². The fourth-order valence-corrected chi connectivity index (χ4v) is 3.80. The number of aliphatic hydroxyl groups is 1. The van der Waals surface area contributed by atoms with Crippen molar-refractivity contribution in [1.29, 1.82) is 0 Å². The van der Waals surface area contributed by atoms with E-state index < -0.39 is 23.5 Å². The number of hydrogen-bond donors (Lipinski definition) is 1. The Morgan fingerprint density at radius 1 is 1.00 bits per heavy atom. The summed E-state index contributed by atoms with van der Waals surface area (Å²) in [5.41, 5.74) is 2.99. The van der Waals surface area contributed by atoms with Gasteiger partial charge in [-0.2, -0.15) is 0 Å². The molecule has 4 rings (SSSR count). The van der Waals surface area contributed by atoms with Crippen LogP contribution in [0.15, 0.2) is 82.5 Å². The van der Waals surface area contributed by atoms with Gasteiger partial charge >= 0.3 is 0 Å². The van der Waals surface area contributed by atoms with Crippen LogP contribution in [-0.2, 0) is 11.2 Å². The van der Waals surface area contributed by atoms with E-state index in [1.807, 2.05) is 61.5 Å². The summed E-state index contributed by atoms with van der Waals surface area (Å²) < 4.78 is 5.48. The second-order valence-corrected chi connectivity index (χ2v) is 7.55. The zero-order valence-electron chi connectivity index (χ0n) is 17.0. The van der Waals surface area contributed by atoms with Crippen LogP contribution in [0.25, 0.3) is 0 Å². The van der Waals surface area contributed by atoms with Gasteiger partial charge < -0.3 is 14.4 Å². The Morgan fingerprint density at radius 2 is 1.70 bits per heavy atom. The maximum absolute atomic E-state index is 13.2. The molecule has 2 heterocycles. The molecule has 0 fully saturated rings. The number of hydrogen-bond acceptors (Lipinski definition) is 4. The van der Waals surface area contributed by atoms with E-state index in [4.69, 9.17) is 4.42 Å². The molecule has 1 atom stereocenters. The van der Waals surface area contributed by atoms with Gasteiger partial charge in [0.25, 0.3) is 5.91 Å². The molecule has 0 radical (unpaired) electrons. The van der Waals surface area contributed by atoms with Gasteiger partial charge in [0.05, 0.1) is 11.6 Å². The highest BCUT2D eigenvalue weighted by Gasteiger charge is 2.44. The average molecular weight is 401 g/mol. The number of ketones is 1. The van der Waals surface area contributed by atoms with E-state index in [1.54, 1.807) is 24.0 Å². The Bertz CT molecular complexity index is 1110. The second kappa shape index (κ2) is 8.03. The Balaban J connectivity index is 1.72. The predicted octanol–water partition coefficient (Wildman–Crippen LogP) is 4.72. The highest BCUT2D eigenvalue weighted by atomic mass is 16.3. The number of aryl methyl sites for hydroxylation is 2. The Labute approximate surface area is 175 Å². The van der Waals surface area contributed by atoms with Crippen molar-refractivity contribution in [1.82, 2.24) is 4.90 Å². The molecule has 1 amide bonds. The van der Waals surface area contributed by atoms with E-state index in [9.17, 15) is 14.7 Å². The summed E-state index contributed by atoms with van der Waals surface area (Å²) in [6.07, 6.45) is 0.615. The van der Waals surface area contributed by atoms with Crippen LogP contribution in [0.2, 0.25) is 0 Å². The van der Waals surface area contributed by atoms with Crippen LogP contribution < -0.4 is 0 Å². The molecule has 0 spiro atoms. The molecule has 1 aromatic heterocycles. The number of carbonyl (C=O) groups excluding carboxylic acids is 2. The second-order valence-electron chi connectivity index (χ2n) is 7.55. The molecule has 0 aliphatic carbocycles. The summed E-state index contributed by atoms with van der Waals surface area (Å²) in [5, 5.41) is 10.7. The molecule has 1 N–H and O–H groups in total. The lowest BCUT2D eigenvalue weighted by molar-refractivity contribution is -0.129. The van der Waals surface area contributed by atoms with Crippen molar-refractivity contribution in [3.8, 4) is 0 Å². The number of Topliss-reactive ketones (excluding diaryl/α,β-unsaturated/α-hetero) is 1. The summed E-state index contributed by atoms with van der Waals surface area (Å²) in [4.78, 5) is 27.7. The van der Waals surface area contributed by atoms with Crippen molar-refractivity contribution in [2.45, 2.75) is 26.3 Å². The van der Waals surface area contributed by atoms with E-state index in [0.717, 1.165) is 16.7 Å². The van der Waals surface area contributed by atoms with E-state index in [2.05, 4.69) is 0 Å². The van der Waals surface area contributed by atoms with Gasteiger partial charge in [0, 0.05) is 6.54 Å². The molecule has 30 heavy (non-hydrogen) atoms. The van der Waals surface area contributed by atoms with Crippen LogP contribution in [0.1, 0.15) is 39.0 Å². The minimum atomic E-state index is -0.667. The number of aliphatic hydroxyl groups excluding tert-OH is 1. The largest absolute Gasteiger partial charge is 0.503 e. The first-order chi connectivity index (χ1) is 14.5. The maximum Gasteiger partial charge on any atom is 0.290 e. The first kappa shape index (κ1) is 19.7. The molecule has 5 heteroatoms. The van der Waals surface area contributed by atoms with Crippen molar-refractivity contribution in [3.05, 3.63) is 106 Å². The van der Waals surface area contributed by atoms with Crippen LogP contribution in [0.3, 0.4) is 0 Å². The smallest absolute Gasteiger partial charge is 0.290 e. The van der Waals surface area contributed by atoms with Crippen LogP contribution in [0.4, 0.5) is 0 Å². The Hall–Kier alpha value is -3.60. The first-order valence-corrected chi connectivity index (χ1v) is 9.91. The summed E-state index contributed by atoms with van der Waals surface area (Å²) in [6.45, 7) is 4.09. The monoisotopic (exact) mass is 401 g/mol. The standard InChI is InChI=1S/C25H23NO4/c1-16-8-11-19(12-9-16)22-21(23(27)20-13-10-17(2)30-20)24(28)25(29)26(22)15-14-18-6-4-3-5-7-18/h3-13,22,28H,14-15H2,1-2H3. The Morgan fingerprint density at radius 3 is 2.33 bits per heavy atom. The highest BCUT2D eigenvalue weighted by Crippen LogP contribution is 2.39. The molecule has 5 nitrogen and oxygen atoms in total. The SMILES string of the molecule is Cc1ccc(C2C(C(=O)c3ccc(C)o3)=C(O)C(=O)N2CCc2ccccc2)cc1. The van der Waals surface area contributed by atoms with Gasteiger partial charge in [-0.05, 0) is 43.5 Å². The molecule has 152 valence electrons. The van der Waals surface area contributed by atoms with Crippen molar-refractivity contribution in [3.63, 3.8) is 0 Å². The zero-order chi connectivity index (χ0) is 21.3. The minimum Gasteiger partial charge on any atom is -0.503 e. The van der Waals surface area contributed by atoms with Gasteiger partial charge in [-0.3, -0.25) is 9.59 Å². The minimum absolute atomic E-state index is 0.0614. The van der Waals surface area contributed by atoms with Crippen LogP contribution in [-0.4, -0.2) is 28.2 Å². The molecule has 0 saturated heterocycles. The number of benzene rings is 2. The fraction of sp³-hybridized carbons (Fsp3) is 0.200. The molecule has 1 aliphatic heterocycles. The number of rotatable bonds is 6. The molecule has 1 aliphatic rings. The summed E-state index contributed by atoms with van der Waals surface area (Å²) in [5.74, 6) is -0.808. The topological polar surface area (TPSA) is 70.7 Å². The number of nitrogens with zero attached hydrogens (tertiary/aromatic N) is 1. The van der Waals surface area contributed by atoms with Crippen LogP contribution in [0, 0.1) is 13.8 Å². The van der Waals surface area contributed by atoms with Gasteiger partial charge in [0.2, 0.25) is 5.78 Å². The molecular formula is C25H23NO4. The van der Waals surface area contributed by atoms with Gasteiger partial charge in [0.15, 0.2) is 11.5 Å². The van der Waals surface area contributed by atoms with Gasteiger partial charge in [0.1, 0.15) is 5.76 Å². The third kappa shape index (κ3) is 3.66. The lowest BCUT2D eigenvalue weighted by Crippen LogP contribution is -2.33. The lowest BCUT2D eigenvalue weighted by atomic mass is 9.94. The third-order valence-electron chi connectivity index (χ3n) is 5.39. The summed E-state index contributed by atoms with van der Waals surface area (Å²) >= 11 is 0. The summed E-state index contributed by atoms with van der Waals surface area (Å²) in [7, 11) is 0. The van der Waals surface area contributed by atoms with Gasteiger partial charge in [-0.1, -0.05) is 60.2 Å². The number of furan rings is 1. The lowest BCUT2D eigenvalue weighted by Gasteiger charge is -2.27. The van der Waals surface area contributed by atoms with E-state index in [-0.39, 0.29) is 11.3 Å². The average Bonchev–Trinajstić information content (AvgIpc) is 3.29. The first-order valence-electron chi connectivity index (χ1n) is 9.91. The molecule has 2 aromatic carbocycles. The molecule has 3 aromatic rings. The van der Waals surface area contributed by atoms with E-state index >= 15 is 0 Å². The quantitative estimate of drug-likeness (QED) is 0.607. The van der Waals surface area contributed by atoms with Crippen molar-refractivity contribution >= 4 is 11.7 Å². The van der Waals surface area contributed by atoms with Crippen molar-refractivity contribution in [2.75, 3.05) is 6.54 Å². The maximum atomic E-state index is 13.2. The van der Waals surface area contributed by atoms with E-state index in [0.29, 0.717) is 18.7 Å². The Kier molecular flexibility index (Phi) is 5.27.